The number of fused-ring (bicyclic) bond motifs is 2. The van der Waals surface area contributed by atoms with Crippen LogP contribution in [0.2, 0.25) is 0 Å². The van der Waals surface area contributed by atoms with Crippen LogP contribution in [0.1, 0.15) is 24.8 Å². The van der Waals surface area contributed by atoms with Crippen LogP contribution >= 0.6 is 0 Å². The number of aromatic amines is 1. The van der Waals surface area contributed by atoms with Gasteiger partial charge in [0.1, 0.15) is 0 Å². The number of H-pyrrole nitrogens is 1. The highest BCUT2D eigenvalue weighted by Crippen LogP contribution is 2.32. The van der Waals surface area contributed by atoms with Crippen LogP contribution < -0.4 is 9.80 Å². The first-order valence-corrected chi connectivity index (χ1v) is 12.9. The summed E-state index contributed by atoms with van der Waals surface area (Å²) in [4.78, 5) is 38.4. The molecule has 2 saturated heterocycles. The highest BCUT2D eigenvalue weighted by Gasteiger charge is 2.38. The Labute approximate surface area is 206 Å². The molecule has 1 N–H and O–H groups in total. The third-order valence-electron chi connectivity index (χ3n) is 7.91. The van der Waals surface area contributed by atoms with Crippen molar-refractivity contribution in [2.45, 2.75) is 31.7 Å². The van der Waals surface area contributed by atoms with Gasteiger partial charge in [0.15, 0.2) is 0 Å². The molecule has 7 nitrogen and oxygen atoms in total. The minimum Gasteiger partial charge on any atom is -0.368 e. The zero-order valence-electron chi connectivity index (χ0n) is 20.2. The number of hydrogen-bond acceptors (Lipinski definition) is 4. The van der Waals surface area contributed by atoms with Crippen LogP contribution in [0.4, 0.5) is 11.4 Å². The summed E-state index contributed by atoms with van der Waals surface area (Å²) in [6, 6.07) is 16.7. The summed E-state index contributed by atoms with van der Waals surface area (Å²) in [7, 11) is 0. The molecule has 6 rings (SSSR count). The first-order valence-electron chi connectivity index (χ1n) is 12.9. The van der Waals surface area contributed by atoms with Gasteiger partial charge in [0.25, 0.3) is 0 Å². The van der Waals surface area contributed by atoms with E-state index in [9.17, 15) is 9.59 Å². The van der Waals surface area contributed by atoms with Crippen molar-refractivity contribution in [3.8, 4) is 0 Å². The Morgan fingerprint density at radius 2 is 1.60 bits per heavy atom. The highest BCUT2D eigenvalue weighted by atomic mass is 16.2. The minimum atomic E-state index is -0.359. The smallest absolute Gasteiger partial charge is 0.316 e. The summed E-state index contributed by atoms with van der Waals surface area (Å²) in [6.45, 7) is 5.99. The SMILES string of the molecule is O=C(C(=O)N1c2ccccc2CCC1CN1CCN(c2cccc3[nH]ccc23)CC1)N1CCCC1. The van der Waals surface area contributed by atoms with E-state index in [0.29, 0.717) is 13.1 Å². The molecule has 0 radical (unpaired) electrons. The molecular weight excluding hydrogens is 438 g/mol. The molecule has 2 amide bonds. The number of nitrogens with zero attached hydrogens (tertiary/aromatic N) is 4. The molecule has 3 aliphatic rings. The van der Waals surface area contributed by atoms with Crippen LogP contribution in [0.3, 0.4) is 0 Å². The van der Waals surface area contributed by atoms with Crippen molar-refractivity contribution in [2.24, 2.45) is 0 Å². The number of piperazine rings is 1. The van der Waals surface area contributed by atoms with Crippen molar-refractivity contribution in [3.05, 3.63) is 60.3 Å². The molecule has 35 heavy (non-hydrogen) atoms. The summed E-state index contributed by atoms with van der Waals surface area (Å²) in [5, 5.41) is 1.27. The number of rotatable bonds is 3. The number of likely N-dealkylation sites (tertiary alicyclic amines) is 1. The lowest BCUT2D eigenvalue weighted by molar-refractivity contribution is -0.144. The number of hydrogen-bond donors (Lipinski definition) is 1. The molecule has 1 atom stereocenters. The van der Waals surface area contributed by atoms with E-state index >= 15 is 0 Å². The molecule has 3 aromatic rings. The van der Waals surface area contributed by atoms with E-state index < -0.39 is 0 Å². The van der Waals surface area contributed by atoms with Crippen molar-refractivity contribution in [1.82, 2.24) is 14.8 Å². The van der Waals surface area contributed by atoms with Gasteiger partial charge in [-0.2, -0.15) is 0 Å². The van der Waals surface area contributed by atoms with E-state index in [1.165, 1.54) is 16.6 Å². The van der Waals surface area contributed by atoms with Crippen LogP contribution in [0.15, 0.2) is 54.7 Å². The number of para-hydroxylation sites is 1. The number of nitrogens with one attached hydrogen (secondary N) is 1. The zero-order chi connectivity index (χ0) is 23.8. The predicted octanol–water partition coefficient (Wildman–Crippen LogP) is 3.26. The van der Waals surface area contributed by atoms with Crippen molar-refractivity contribution < 1.29 is 9.59 Å². The van der Waals surface area contributed by atoms with Crippen LogP contribution in [0.25, 0.3) is 10.9 Å². The molecule has 3 aliphatic heterocycles. The lowest BCUT2D eigenvalue weighted by Crippen LogP contribution is -2.56. The van der Waals surface area contributed by atoms with E-state index in [1.54, 1.807) is 4.90 Å². The van der Waals surface area contributed by atoms with Gasteiger partial charge in [-0.3, -0.25) is 19.4 Å². The van der Waals surface area contributed by atoms with Gasteiger partial charge in [-0.05, 0) is 55.5 Å². The van der Waals surface area contributed by atoms with Crippen molar-refractivity contribution >= 4 is 34.1 Å². The summed E-state index contributed by atoms with van der Waals surface area (Å²) in [5.74, 6) is -0.699. The number of anilines is 2. The Morgan fingerprint density at radius 1 is 0.829 bits per heavy atom. The Hall–Kier alpha value is -3.32. The summed E-state index contributed by atoms with van der Waals surface area (Å²) in [5.41, 5.74) is 4.53. The Kier molecular flexibility index (Phi) is 5.94. The minimum absolute atomic E-state index is 0.0172. The lowest BCUT2D eigenvalue weighted by atomic mass is 9.94. The van der Waals surface area contributed by atoms with Gasteiger partial charge in [0.05, 0.1) is 6.04 Å². The molecule has 0 saturated carbocycles. The first kappa shape index (κ1) is 22.2. The standard InChI is InChI=1S/C28H33N5O2/c34-27(32-14-3-4-15-32)28(35)33-22(11-10-21-6-1-2-8-25(21)33)20-30-16-18-31(19-17-30)26-9-5-7-24-23(26)12-13-29-24/h1-2,5-9,12-13,22,29H,3-4,10-11,14-20H2. The molecule has 2 fully saturated rings. The number of aromatic nitrogens is 1. The fourth-order valence-corrected chi connectivity index (χ4v) is 6.03. The number of aryl methyl sites for hydroxylation is 1. The fraction of sp³-hybridized carbons (Fsp3) is 0.429. The summed E-state index contributed by atoms with van der Waals surface area (Å²) >= 11 is 0. The third kappa shape index (κ3) is 4.18. The van der Waals surface area contributed by atoms with Crippen LogP contribution in [-0.2, 0) is 16.0 Å². The average molecular weight is 472 g/mol. The second-order valence-corrected chi connectivity index (χ2v) is 10.00. The number of benzene rings is 2. The maximum absolute atomic E-state index is 13.5. The van der Waals surface area contributed by atoms with Gasteiger partial charge in [-0.1, -0.05) is 24.3 Å². The normalized spacial score (nSPS) is 20.9. The molecule has 0 spiro atoms. The van der Waals surface area contributed by atoms with Gasteiger partial charge >= 0.3 is 11.8 Å². The molecular formula is C28H33N5O2. The van der Waals surface area contributed by atoms with E-state index in [0.717, 1.165) is 69.7 Å². The molecule has 1 aromatic heterocycles. The number of carbonyl (C=O) groups is 2. The van der Waals surface area contributed by atoms with E-state index in [4.69, 9.17) is 0 Å². The summed E-state index contributed by atoms with van der Waals surface area (Å²) in [6.07, 6.45) is 5.80. The van der Waals surface area contributed by atoms with Crippen molar-refractivity contribution in [3.63, 3.8) is 0 Å². The second kappa shape index (κ2) is 9.38. The van der Waals surface area contributed by atoms with Gasteiger partial charge in [-0.25, -0.2) is 0 Å². The Bertz CT molecular complexity index is 1220. The van der Waals surface area contributed by atoms with Crippen molar-refractivity contribution in [1.29, 1.82) is 0 Å². The lowest BCUT2D eigenvalue weighted by Gasteiger charge is -2.42. The van der Waals surface area contributed by atoms with Crippen LogP contribution in [-0.4, -0.2) is 78.5 Å². The van der Waals surface area contributed by atoms with Gasteiger partial charge < -0.3 is 14.8 Å². The quantitative estimate of drug-likeness (QED) is 0.596. The van der Waals surface area contributed by atoms with Gasteiger partial charge in [0, 0.05) is 74.3 Å². The largest absolute Gasteiger partial charge is 0.368 e. The first-order chi connectivity index (χ1) is 17.2. The molecule has 182 valence electrons. The molecule has 0 aliphatic carbocycles. The van der Waals surface area contributed by atoms with Crippen LogP contribution in [0, 0.1) is 0 Å². The van der Waals surface area contributed by atoms with Gasteiger partial charge in [0.2, 0.25) is 0 Å². The average Bonchev–Trinajstić information content (AvgIpc) is 3.61. The summed E-state index contributed by atoms with van der Waals surface area (Å²) < 4.78 is 0. The zero-order valence-corrected chi connectivity index (χ0v) is 20.2. The van der Waals surface area contributed by atoms with Crippen molar-refractivity contribution in [2.75, 3.05) is 55.6 Å². The van der Waals surface area contributed by atoms with E-state index in [1.807, 2.05) is 29.3 Å². The van der Waals surface area contributed by atoms with Gasteiger partial charge in [-0.15, -0.1) is 0 Å². The molecule has 4 heterocycles. The second-order valence-electron chi connectivity index (χ2n) is 10.00. The monoisotopic (exact) mass is 471 g/mol. The highest BCUT2D eigenvalue weighted by molar-refractivity contribution is 6.40. The predicted molar refractivity (Wildman–Crippen MR) is 139 cm³/mol. The maximum atomic E-state index is 13.5. The third-order valence-corrected chi connectivity index (χ3v) is 7.91. The molecule has 1 unspecified atom stereocenters. The maximum Gasteiger partial charge on any atom is 0.316 e. The van der Waals surface area contributed by atoms with E-state index in [2.05, 4.69) is 45.1 Å². The molecule has 0 bridgehead atoms. The molecule has 2 aromatic carbocycles. The Morgan fingerprint density at radius 3 is 2.43 bits per heavy atom. The number of carbonyl (C=O) groups excluding carboxylic acids is 2. The van der Waals surface area contributed by atoms with Crippen LogP contribution in [0.5, 0.6) is 0 Å². The topological polar surface area (TPSA) is 62.9 Å². The molecule has 7 heteroatoms. The Balaban J connectivity index is 1.17. The number of amides is 2. The van der Waals surface area contributed by atoms with E-state index in [-0.39, 0.29) is 17.9 Å². The fourth-order valence-electron chi connectivity index (χ4n) is 6.03.